The van der Waals surface area contributed by atoms with Crippen LogP contribution >= 0.6 is 12.4 Å². The van der Waals surface area contributed by atoms with E-state index in [1.165, 1.54) is 16.7 Å². The van der Waals surface area contributed by atoms with E-state index < -0.39 is 0 Å². The fourth-order valence-electron chi connectivity index (χ4n) is 2.42. The van der Waals surface area contributed by atoms with E-state index in [0.29, 0.717) is 0 Å². The van der Waals surface area contributed by atoms with Crippen LogP contribution in [-0.2, 0) is 6.42 Å². The summed E-state index contributed by atoms with van der Waals surface area (Å²) in [6, 6.07) is 10.4. The van der Waals surface area contributed by atoms with Crippen LogP contribution in [0.5, 0.6) is 5.75 Å². The van der Waals surface area contributed by atoms with E-state index in [4.69, 9.17) is 4.74 Å². The van der Waals surface area contributed by atoms with Gasteiger partial charge in [0.05, 0.1) is 7.11 Å². The number of rotatable bonds is 2. The molecule has 0 radical (unpaired) electrons. The molecule has 0 saturated carbocycles. The lowest BCUT2D eigenvalue weighted by molar-refractivity contribution is 0.414. The quantitative estimate of drug-likeness (QED) is 0.825. The second-order valence-electron chi connectivity index (χ2n) is 4.48. The van der Waals surface area contributed by atoms with Gasteiger partial charge in [0, 0.05) is 12.4 Å². The molecule has 0 unspecified atom stereocenters. The highest BCUT2D eigenvalue weighted by Gasteiger charge is 2.16. The van der Waals surface area contributed by atoms with Crippen molar-refractivity contribution in [3.8, 4) is 5.75 Å². The normalized spacial score (nSPS) is 14.9. The van der Waals surface area contributed by atoms with Gasteiger partial charge in [0.1, 0.15) is 5.75 Å². The zero-order valence-corrected chi connectivity index (χ0v) is 11.6. The van der Waals surface area contributed by atoms with Crippen LogP contribution in [0.25, 0.3) is 11.6 Å². The number of halogens is 1. The van der Waals surface area contributed by atoms with Crippen LogP contribution in [-0.4, -0.2) is 12.1 Å². The van der Waals surface area contributed by atoms with Crippen molar-refractivity contribution in [1.82, 2.24) is 4.98 Å². The summed E-state index contributed by atoms with van der Waals surface area (Å²) in [5, 5.41) is 0. The van der Waals surface area contributed by atoms with E-state index in [2.05, 4.69) is 29.3 Å². The number of aryl methyl sites for hydroxylation is 1. The molecule has 0 saturated heterocycles. The van der Waals surface area contributed by atoms with E-state index in [0.717, 1.165) is 24.2 Å². The lowest BCUT2D eigenvalue weighted by Crippen LogP contribution is -1.86. The zero-order chi connectivity index (χ0) is 12.4. The summed E-state index contributed by atoms with van der Waals surface area (Å²) >= 11 is 0. The summed E-state index contributed by atoms with van der Waals surface area (Å²) in [4.78, 5) is 4.15. The molecule has 1 aromatic carbocycles. The van der Waals surface area contributed by atoms with E-state index in [1.54, 1.807) is 13.3 Å². The van der Waals surface area contributed by atoms with Crippen LogP contribution in [0.1, 0.15) is 23.1 Å². The van der Waals surface area contributed by atoms with Crippen molar-refractivity contribution in [2.75, 3.05) is 7.11 Å². The molecule has 0 aliphatic heterocycles. The van der Waals surface area contributed by atoms with Crippen LogP contribution in [0.15, 0.2) is 42.7 Å². The highest BCUT2D eigenvalue weighted by atomic mass is 35.5. The van der Waals surface area contributed by atoms with Crippen LogP contribution in [0.3, 0.4) is 0 Å². The topological polar surface area (TPSA) is 22.1 Å². The highest BCUT2D eigenvalue weighted by molar-refractivity contribution is 5.86. The molecule has 1 aromatic heterocycles. The Morgan fingerprint density at radius 1 is 1.21 bits per heavy atom. The molecule has 19 heavy (non-hydrogen) atoms. The summed E-state index contributed by atoms with van der Waals surface area (Å²) in [5.41, 5.74) is 5.25. The standard InChI is InChI=1S/C16H15NO.ClH/c1-18-15-7-6-13-4-5-14(16(13)10-15)9-12-3-2-8-17-11-12;/h2-3,6-11H,4-5H2,1H3;1H. The second-order valence-corrected chi connectivity index (χ2v) is 4.48. The van der Waals surface area contributed by atoms with Crippen molar-refractivity contribution in [2.45, 2.75) is 12.8 Å². The first-order valence-corrected chi connectivity index (χ1v) is 6.15. The van der Waals surface area contributed by atoms with Gasteiger partial charge < -0.3 is 4.74 Å². The largest absolute Gasteiger partial charge is 0.497 e. The number of ether oxygens (including phenoxy) is 1. The maximum absolute atomic E-state index is 5.30. The first-order chi connectivity index (χ1) is 8.86. The average Bonchev–Trinajstić information content (AvgIpc) is 2.82. The van der Waals surface area contributed by atoms with Gasteiger partial charge in [-0.1, -0.05) is 12.1 Å². The lowest BCUT2D eigenvalue weighted by atomic mass is 10.0. The van der Waals surface area contributed by atoms with Crippen LogP contribution < -0.4 is 4.74 Å². The molecule has 1 aliphatic rings. The Kier molecular flexibility index (Phi) is 4.23. The monoisotopic (exact) mass is 273 g/mol. The Balaban J connectivity index is 0.00000133. The molecule has 0 bridgehead atoms. The number of hydrogen-bond donors (Lipinski definition) is 0. The molecule has 0 spiro atoms. The molecule has 0 N–H and O–H groups in total. The smallest absolute Gasteiger partial charge is 0.119 e. The molecule has 2 aromatic rings. The number of pyridine rings is 1. The Hall–Kier alpha value is -1.80. The lowest BCUT2D eigenvalue weighted by Gasteiger charge is -2.05. The number of benzene rings is 1. The zero-order valence-electron chi connectivity index (χ0n) is 10.8. The predicted molar refractivity (Wildman–Crippen MR) is 80.7 cm³/mol. The van der Waals surface area contributed by atoms with E-state index >= 15 is 0 Å². The Morgan fingerprint density at radius 2 is 2.11 bits per heavy atom. The van der Waals surface area contributed by atoms with Crippen molar-refractivity contribution in [3.05, 3.63) is 59.4 Å². The number of allylic oxidation sites excluding steroid dienone is 1. The van der Waals surface area contributed by atoms with Crippen molar-refractivity contribution >= 4 is 24.1 Å². The van der Waals surface area contributed by atoms with E-state index in [1.807, 2.05) is 18.3 Å². The summed E-state index contributed by atoms with van der Waals surface area (Å²) in [6.45, 7) is 0. The molecule has 3 rings (SSSR count). The molecular formula is C16H16ClNO. The third kappa shape index (κ3) is 2.79. The van der Waals surface area contributed by atoms with Gasteiger partial charge in [0.25, 0.3) is 0 Å². The van der Waals surface area contributed by atoms with Gasteiger partial charge in [-0.3, -0.25) is 4.98 Å². The van der Waals surface area contributed by atoms with Crippen molar-refractivity contribution < 1.29 is 4.74 Å². The second kappa shape index (κ2) is 5.89. The fourth-order valence-corrected chi connectivity index (χ4v) is 2.42. The summed E-state index contributed by atoms with van der Waals surface area (Å²) < 4.78 is 5.30. The third-order valence-electron chi connectivity index (χ3n) is 3.35. The number of methoxy groups -OCH3 is 1. The van der Waals surface area contributed by atoms with Gasteiger partial charge in [-0.25, -0.2) is 0 Å². The molecule has 0 fully saturated rings. The molecule has 1 heterocycles. The number of hydrogen-bond acceptors (Lipinski definition) is 2. The van der Waals surface area contributed by atoms with E-state index in [9.17, 15) is 0 Å². The SMILES string of the molecule is COc1ccc2c(c1)C(=Cc1cccnc1)CC2.Cl. The fraction of sp³-hybridized carbons (Fsp3) is 0.188. The van der Waals surface area contributed by atoms with Crippen molar-refractivity contribution in [2.24, 2.45) is 0 Å². The molecule has 0 atom stereocenters. The minimum absolute atomic E-state index is 0. The minimum atomic E-state index is 0. The van der Waals surface area contributed by atoms with Crippen LogP contribution in [0.2, 0.25) is 0 Å². The molecule has 0 amide bonds. The van der Waals surface area contributed by atoms with Crippen LogP contribution in [0.4, 0.5) is 0 Å². The first kappa shape index (κ1) is 13.6. The maximum atomic E-state index is 5.30. The Labute approximate surface area is 119 Å². The van der Waals surface area contributed by atoms with Gasteiger partial charge in [0.15, 0.2) is 0 Å². The molecular weight excluding hydrogens is 258 g/mol. The number of nitrogens with zero attached hydrogens (tertiary/aromatic N) is 1. The number of aromatic nitrogens is 1. The summed E-state index contributed by atoms with van der Waals surface area (Å²) in [5.74, 6) is 0.924. The van der Waals surface area contributed by atoms with Crippen molar-refractivity contribution in [3.63, 3.8) is 0 Å². The van der Waals surface area contributed by atoms with Gasteiger partial charge in [0.2, 0.25) is 0 Å². The number of fused-ring (bicyclic) bond motifs is 1. The summed E-state index contributed by atoms with van der Waals surface area (Å²) in [6.07, 6.45) is 8.12. The minimum Gasteiger partial charge on any atom is -0.497 e. The molecule has 98 valence electrons. The van der Waals surface area contributed by atoms with Crippen LogP contribution in [0, 0.1) is 0 Å². The van der Waals surface area contributed by atoms with Gasteiger partial charge in [-0.15, -0.1) is 12.4 Å². The predicted octanol–water partition coefficient (Wildman–Crippen LogP) is 4.00. The van der Waals surface area contributed by atoms with Crippen molar-refractivity contribution in [1.29, 1.82) is 0 Å². The van der Waals surface area contributed by atoms with Gasteiger partial charge in [-0.05, 0) is 59.4 Å². The maximum Gasteiger partial charge on any atom is 0.119 e. The Morgan fingerprint density at radius 3 is 2.84 bits per heavy atom. The molecule has 3 heteroatoms. The average molecular weight is 274 g/mol. The third-order valence-corrected chi connectivity index (χ3v) is 3.35. The molecule has 1 aliphatic carbocycles. The first-order valence-electron chi connectivity index (χ1n) is 6.15. The highest BCUT2D eigenvalue weighted by Crippen LogP contribution is 2.35. The van der Waals surface area contributed by atoms with E-state index in [-0.39, 0.29) is 12.4 Å². The van der Waals surface area contributed by atoms with Gasteiger partial charge >= 0.3 is 0 Å². The molecule has 2 nitrogen and oxygen atoms in total. The van der Waals surface area contributed by atoms with Gasteiger partial charge in [-0.2, -0.15) is 0 Å². The summed E-state index contributed by atoms with van der Waals surface area (Å²) in [7, 11) is 1.71. The Bertz CT molecular complexity index is 593.